The molecular formula is C14H11ClF5N. The number of rotatable bonds is 2. The van der Waals surface area contributed by atoms with Crippen LogP contribution < -0.4 is 5.73 Å². The smallest absolute Gasteiger partial charge is 0.326 e. The van der Waals surface area contributed by atoms with Crippen LogP contribution in [0.25, 0.3) is 11.1 Å². The van der Waals surface area contributed by atoms with Crippen LogP contribution in [-0.2, 0) is 12.7 Å². The topological polar surface area (TPSA) is 26.0 Å². The highest BCUT2D eigenvalue weighted by atomic mass is 35.5. The van der Waals surface area contributed by atoms with Gasteiger partial charge in [-0.15, -0.1) is 12.4 Å². The molecule has 2 N–H and O–H groups in total. The number of hydrogen-bond donors (Lipinski definition) is 1. The first-order valence-corrected chi connectivity index (χ1v) is 5.68. The van der Waals surface area contributed by atoms with E-state index < -0.39 is 23.4 Å². The molecule has 0 saturated carbocycles. The lowest BCUT2D eigenvalue weighted by Crippen LogP contribution is -2.08. The molecule has 0 spiro atoms. The summed E-state index contributed by atoms with van der Waals surface area (Å²) in [4.78, 5) is 0. The average Bonchev–Trinajstić information content (AvgIpc) is 2.35. The average molecular weight is 324 g/mol. The molecule has 0 radical (unpaired) electrons. The minimum atomic E-state index is -4.49. The van der Waals surface area contributed by atoms with Crippen LogP contribution >= 0.6 is 12.4 Å². The molecule has 7 heteroatoms. The van der Waals surface area contributed by atoms with Crippen LogP contribution in [0.2, 0.25) is 0 Å². The maximum absolute atomic E-state index is 13.2. The normalized spacial score (nSPS) is 11.1. The molecule has 0 fully saturated rings. The highest BCUT2D eigenvalue weighted by Gasteiger charge is 2.30. The van der Waals surface area contributed by atoms with Crippen LogP contribution in [0.4, 0.5) is 22.0 Å². The first kappa shape index (κ1) is 17.4. The predicted molar refractivity (Wildman–Crippen MR) is 71.9 cm³/mol. The highest BCUT2D eigenvalue weighted by molar-refractivity contribution is 5.85. The van der Waals surface area contributed by atoms with Crippen molar-refractivity contribution in [1.29, 1.82) is 0 Å². The van der Waals surface area contributed by atoms with Crippen LogP contribution in [0.5, 0.6) is 0 Å². The second-order valence-corrected chi connectivity index (χ2v) is 4.23. The van der Waals surface area contributed by atoms with Gasteiger partial charge in [-0.05, 0) is 41.0 Å². The van der Waals surface area contributed by atoms with E-state index >= 15 is 0 Å². The third-order valence-corrected chi connectivity index (χ3v) is 2.83. The van der Waals surface area contributed by atoms with Gasteiger partial charge < -0.3 is 5.73 Å². The molecule has 0 aromatic heterocycles. The molecule has 0 atom stereocenters. The molecule has 21 heavy (non-hydrogen) atoms. The predicted octanol–water partition coefficient (Wildman–Crippen LogP) is 4.53. The van der Waals surface area contributed by atoms with E-state index in [2.05, 4.69) is 0 Å². The zero-order chi connectivity index (χ0) is 14.9. The Morgan fingerprint density at radius 3 is 1.95 bits per heavy atom. The van der Waals surface area contributed by atoms with E-state index in [9.17, 15) is 22.0 Å². The van der Waals surface area contributed by atoms with Gasteiger partial charge in [0.25, 0.3) is 0 Å². The van der Waals surface area contributed by atoms with Crippen molar-refractivity contribution in [3.8, 4) is 11.1 Å². The Balaban J connectivity index is 0.00000220. The molecule has 2 aromatic rings. The molecule has 0 amide bonds. The SMILES string of the molecule is Cl.NCc1cc(C(F)(F)F)ccc1-c1cc(F)cc(F)c1. The summed E-state index contributed by atoms with van der Waals surface area (Å²) in [5.74, 6) is -1.61. The third kappa shape index (κ3) is 3.92. The van der Waals surface area contributed by atoms with Gasteiger partial charge in [-0.2, -0.15) is 13.2 Å². The van der Waals surface area contributed by atoms with Crippen molar-refractivity contribution in [2.75, 3.05) is 0 Å². The van der Waals surface area contributed by atoms with E-state index in [-0.39, 0.29) is 35.6 Å². The van der Waals surface area contributed by atoms with E-state index in [1.54, 1.807) is 0 Å². The van der Waals surface area contributed by atoms with Gasteiger partial charge in [0, 0.05) is 12.6 Å². The Kier molecular flexibility index (Phi) is 5.31. The molecule has 0 aliphatic carbocycles. The van der Waals surface area contributed by atoms with Gasteiger partial charge in [-0.1, -0.05) is 6.07 Å². The van der Waals surface area contributed by atoms with Gasteiger partial charge >= 0.3 is 6.18 Å². The van der Waals surface area contributed by atoms with E-state index in [0.717, 1.165) is 24.3 Å². The first-order chi connectivity index (χ1) is 9.31. The minimum absolute atomic E-state index is 0. The lowest BCUT2D eigenvalue weighted by Gasteiger charge is -2.13. The van der Waals surface area contributed by atoms with Crippen molar-refractivity contribution >= 4 is 12.4 Å². The second kappa shape index (κ2) is 6.41. The third-order valence-electron chi connectivity index (χ3n) is 2.83. The fourth-order valence-electron chi connectivity index (χ4n) is 1.93. The maximum atomic E-state index is 13.2. The quantitative estimate of drug-likeness (QED) is 0.807. The van der Waals surface area contributed by atoms with Gasteiger partial charge in [0.1, 0.15) is 11.6 Å². The first-order valence-electron chi connectivity index (χ1n) is 5.68. The summed E-state index contributed by atoms with van der Waals surface area (Å²) in [6.07, 6.45) is -4.49. The second-order valence-electron chi connectivity index (χ2n) is 4.23. The summed E-state index contributed by atoms with van der Waals surface area (Å²) in [6, 6.07) is 5.69. The van der Waals surface area contributed by atoms with Crippen LogP contribution in [0.3, 0.4) is 0 Å². The van der Waals surface area contributed by atoms with E-state index in [0.29, 0.717) is 6.07 Å². The Hall–Kier alpha value is -1.66. The molecule has 114 valence electrons. The monoisotopic (exact) mass is 323 g/mol. The van der Waals surface area contributed by atoms with Crippen molar-refractivity contribution < 1.29 is 22.0 Å². The van der Waals surface area contributed by atoms with E-state index in [1.165, 1.54) is 6.07 Å². The van der Waals surface area contributed by atoms with Crippen molar-refractivity contribution in [2.24, 2.45) is 5.73 Å². The molecule has 0 unspecified atom stereocenters. The Bertz CT molecular complexity index is 619. The van der Waals surface area contributed by atoms with Gasteiger partial charge in [0.15, 0.2) is 0 Å². The van der Waals surface area contributed by atoms with Crippen molar-refractivity contribution in [2.45, 2.75) is 12.7 Å². The van der Waals surface area contributed by atoms with Crippen LogP contribution in [0.15, 0.2) is 36.4 Å². The van der Waals surface area contributed by atoms with Gasteiger partial charge in [-0.3, -0.25) is 0 Å². The standard InChI is InChI=1S/C14H10F5N.ClH/c15-11-4-8(5-12(16)6-11)13-2-1-10(14(17,18)19)3-9(13)7-20;/h1-6H,7,20H2;1H. The van der Waals surface area contributed by atoms with Gasteiger partial charge in [0.05, 0.1) is 5.56 Å². The van der Waals surface area contributed by atoms with Crippen molar-refractivity contribution in [1.82, 2.24) is 0 Å². The number of nitrogens with two attached hydrogens (primary N) is 1. The summed E-state index contributed by atoms with van der Waals surface area (Å²) in [5, 5.41) is 0. The molecule has 0 bridgehead atoms. The minimum Gasteiger partial charge on any atom is -0.326 e. The number of halogens is 6. The lowest BCUT2D eigenvalue weighted by atomic mass is 9.97. The molecule has 0 heterocycles. The Labute approximate surface area is 124 Å². The van der Waals surface area contributed by atoms with E-state index in [1.807, 2.05) is 0 Å². The van der Waals surface area contributed by atoms with Crippen molar-refractivity contribution in [3.63, 3.8) is 0 Å². The van der Waals surface area contributed by atoms with Crippen LogP contribution in [-0.4, -0.2) is 0 Å². The summed E-state index contributed by atoms with van der Waals surface area (Å²) < 4.78 is 64.2. The molecule has 2 rings (SSSR count). The maximum Gasteiger partial charge on any atom is 0.416 e. The van der Waals surface area contributed by atoms with Crippen LogP contribution in [0, 0.1) is 11.6 Å². The Morgan fingerprint density at radius 1 is 0.905 bits per heavy atom. The summed E-state index contributed by atoms with van der Waals surface area (Å²) in [5.41, 5.74) is 5.17. The lowest BCUT2D eigenvalue weighted by molar-refractivity contribution is -0.137. The van der Waals surface area contributed by atoms with Gasteiger partial charge in [-0.25, -0.2) is 8.78 Å². The van der Waals surface area contributed by atoms with E-state index in [4.69, 9.17) is 5.73 Å². The molecule has 0 aliphatic rings. The zero-order valence-electron chi connectivity index (χ0n) is 10.5. The van der Waals surface area contributed by atoms with Gasteiger partial charge in [0.2, 0.25) is 0 Å². The van der Waals surface area contributed by atoms with Crippen LogP contribution in [0.1, 0.15) is 11.1 Å². The highest BCUT2D eigenvalue weighted by Crippen LogP contribution is 2.33. The zero-order valence-corrected chi connectivity index (χ0v) is 11.4. The largest absolute Gasteiger partial charge is 0.416 e. The number of alkyl halides is 3. The number of benzene rings is 2. The fraction of sp³-hybridized carbons (Fsp3) is 0.143. The van der Waals surface area contributed by atoms with Crippen molar-refractivity contribution in [3.05, 3.63) is 59.2 Å². The number of hydrogen-bond acceptors (Lipinski definition) is 1. The molecule has 2 aromatic carbocycles. The summed E-state index contributed by atoms with van der Waals surface area (Å²) >= 11 is 0. The molecule has 0 saturated heterocycles. The Morgan fingerprint density at radius 2 is 1.48 bits per heavy atom. The summed E-state index contributed by atoms with van der Waals surface area (Å²) in [6.45, 7) is -0.169. The molecular weight excluding hydrogens is 313 g/mol. The summed E-state index contributed by atoms with van der Waals surface area (Å²) in [7, 11) is 0. The molecule has 1 nitrogen and oxygen atoms in total. The fourth-order valence-corrected chi connectivity index (χ4v) is 1.93. The molecule has 0 aliphatic heterocycles.